The Kier molecular flexibility index (Phi) is 5.58. The SMILES string of the molecule is O=C(NC[C@H](c1ccccc1)N1CCCC1)c1cc(-c2ccc3c(c2)OCCO3)on1. The molecule has 7 heteroatoms. The van der Waals surface area contributed by atoms with Crippen LogP contribution in [0.5, 0.6) is 11.5 Å². The van der Waals surface area contributed by atoms with Crippen LogP contribution in [-0.2, 0) is 0 Å². The van der Waals surface area contributed by atoms with Crippen molar-refractivity contribution in [1.29, 1.82) is 0 Å². The Bertz CT molecular complexity index is 1040. The number of hydrogen-bond donors (Lipinski definition) is 1. The van der Waals surface area contributed by atoms with Crippen molar-refractivity contribution in [3.63, 3.8) is 0 Å². The lowest BCUT2D eigenvalue weighted by molar-refractivity contribution is 0.0929. The number of aromatic nitrogens is 1. The predicted octanol–water partition coefficient (Wildman–Crippen LogP) is 3.68. The smallest absolute Gasteiger partial charge is 0.273 e. The molecule has 2 aliphatic heterocycles. The summed E-state index contributed by atoms with van der Waals surface area (Å²) in [5, 5.41) is 7.02. The normalized spacial score (nSPS) is 16.8. The summed E-state index contributed by atoms with van der Waals surface area (Å²) in [6, 6.07) is 17.7. The van der Waals surface area contributed by atoms with E-state index in [0.717, 1.165) is 18.7 Å². The minimum Gasteiger partial charge on any atom is -0.486 e. The molecule has 0 unspecified atom stereocenters. The molecule has 0 saturated carbocycles. The average Bonchev–Trinajstić information content (AvgIpc) is 3.52. The number of carbonyl (C=O) groups is 1. The second kappa shape index (κ2) is 8.81. The summed E-state index contributed by atoms with van der Waals surface area (Å²) in [5.41, 5.74) is 2.26. The number of fused-ring (bicyclic) bond motifs is 1. The highest BCUT2D eigenvalue weighted by Gasteiger charge is 2.25. The summed E-state index contributed by atoms with van der Waals surface area (Å²) in [7, 11) is 0. The maximum Gasteiger partial charge on any atom is 0.273 e. The van der Waals surface area contributed by atoms with Gasteiger partial charge in [-0.05, 0) is 49.7 Å². The fraction of sp³-hybridized carbons (Fsp3) is 0.333. The molecule has 31 heavy (non-hydrogen) atoms. The van der Waals surface area contributed by atoms with Gasteiger partial charge in [-0.25, -0.2) is 0 Å². The van der Waals surface area contributed by atoms with Crippen LogP contribution in [-0.4, -0.2) is 48.8 Å². The van der Waals surface area contributed by atoms with E-state index in [2.05, 4.69) is 27.5 Å². The summed E-state index contributed by atoms with van der Waals surface area (Å²) < 4.78 is 16.6. The van der Waals surface area contributed by atoms with E-state index in [1.165, 1.54) is 18.4 Å². The topological polar surface area (TPSA) is 76.8 Å². The van der Waals surface area contributed by atoms with Gasteiger partial charge in [0.1, 0.15) is 13.2 Å². The Balaban J connectivity index is 1.28. The molecule has 0 radical (unpaired) electrons. The van der Waals surface area contributed by atoms with Gasteiger partial charge in [-0.2, -0.15) is 0 Å². The molecular formula is C24H25N3O4. The first-order valence-corrected chi connectivity index (χ1v) is 10.7. The zero-order valence-corrected chi connectivity index (χ0v) is 17.3. The van der Waals surface area contributed by atoms with E-state index in [4.69, 9.17) is 14.0 Å². The molecule has 2 aliphatic rings. The second-order valence-corrected chi connectivity index (χ2v) is 7.81. The van der Waals surface area contributed by atoms with Crippen LogP contribution in [0.4, 0.5) is 0 Å². The molecule has 3 aromatic rings. The van der Waals surface area contributed by atoms with Crippen LogP contribution < -0.4 is 14.8 Å². The quantitative estimate of drug-likeness (QED) is 0.657. The molecule has 2 aromatic carbocycles. The third-order valence-corrected chi connectivity index (χ3v) is 5.79. The summed E-state index contributed by atoms with van der Waals surface area (Å²) in [6.07, 6.45) is 2.39. The number of rotatable bonds is 6. The number of carbonyl (C=O) groups excluding carboxylic acids is 1. The Morgan fingerprint density at radius 1 is 1.00 bits per heavy atom. The number of benzene rings is 2. The largest absolute Gasteiger partial charge is 0.486 e. The number of ether oxygens (including phenoxy) is 2. The van der Waals surface area contributed by atoms with Crippen LogP contribution in [0.15, 0.2) is 59.1 Å². The molecule has 0 bridgehead atoms. The van der Waals surface area contributed by atoms with Gasteiger partial charge in [-0.3, -0.25) is 9.69 Å². The van der Waals surface area contributed by atoms with Crippen molar-refractivity contribution in [2.45, 2.75) is 18.9 Å². The van der Waals surface area contributed by atoms with Crippen molar-refractivity contribution in [2.75, 3.05) is 32.8 Å². The fourth-order valence-corrected chi connectivity index (χ4v) is 4.18. The monoisotopic (exact) mass is 419 g/mol. The third kappa shape index (κ3) is 4.27. The van der Waals surface area contributed by atoms with E-state index in [1.807, 2.05) is 36.4 Å². The number of likely N-dealkylation sites (tertiary alicyclic amines) is 1. The minimum atomic E-state index is -0.243. The second-order valence-electron chi connectivity index (χ2n) is 7.81. The van der Waals surface area contributed by atoms with Gasteiger partial charge in [0.2, 0.25) is 0 Å². The van der Waals surface area contributed by atoms with Crippen LogP contribution >= 0.6 is 0 Å². The van der Waals surface area contributed by atoms with Crippen LogP contribution in [0.25, 0.3) is 11.3 Å². The van der Waals surface area contributed by atoms with Gasteiger partial charge < -0.3 is 19.3 Å². The summed E-state index contributed by atoms with van der Waals surface area (Å²) in [4.78, 5) is 15.2. The molecule has 1 fully saturated rings. The average molecular weight is 419 g/mol. The van der Waals surface area contributed by atoms with Gasteiger partial charge in [-0.15, -0.1) is 0 Å². The van der Waals surface area contributed by atoms with Crippen molar-refractivity contribution in [3.8, 4) is 22.8 Å². The van der Waals surface area contributed by atoms with Crippen molar-refractivity contribution in [3.05, 3.63) is 65.9 Å². The third-order valence-electron chi connectivity index (χ3n) is 5.79. The van der Waals surface area contributed by atoms with Crippen LogP contribution in [0.1, 0.15) is 34.9 Å². The number of hydrogen-bond acceptors (Lipinski definition) is 6. The van der Waals surface area contributed by atoms with E-state index >= 15 is 0 Å². The first kappa shape index (κ1) is 19.6. The van der Waals surface area contributed by atoms with Crippen LogP contribution in [0.3, 0.4) is 0 Å². The molecule has 5 rings (SSSR count). The number of nitrogens with zero attached hydrogens (tertiary/aromatic N) is 2. The van der Waals surface area contributed by atoms with E-state index in [9.17, 15) is 4.79 Å². The lowest BCUT2D eigenvalue weighted by Crippen LogP contribution is -2.36. The highest BCUT2D eigenvalue weighted by Crippen LogP contribution is 2.34. The standard InChI is InChI=1S/C24H25N3O4/c28-24(25-16-20(27-10-4-5-11-27)17-6-2-1-3-7-17)19-15-22(31-26-19)18-8-9-21-23(14-18)30-13-12-29-21/h1-3,6-9,14-15,20H,4-5,10-13,16H2,(H,25,28)/t20-/m1/s1. The fourth-order valence-electron chi connectivity index (χ4n) is 4.18. The number of nitrogens with one attached hydrogen (secondary N) is 1. The van der Waals surface area contributed by atoms with Crippen LogP contribution in [0, 0.1) is 0 Å². The molecule has 0 aliphatic carbocycles. The molecule has 3 heterocycles. The van der Waals surface area contributed by atoms with Gasteiger partial charge in [0.05, 0.1) is 6.04 Å². The van der Waals surface area contributed by atoms with Crippen LogP contribution in [0.2, 0.25) is 0 Å². The Morgan fingerprint density at radius 3 is 2.58 bits per heavy atom. The molecule has 7 nitrogen and oxygen atoms in total. The molecule has 0 spiro atoms. The maximum atomic E-state index is 12.8. The zero-order valence-electron chi connectivity index (χ0n) is 17.3. The van der Waals surface area contributed by atoms with Gasteiger partial charge >= 0.3 is 0 Å². The molecule has 1 atom stereocenters. The minimum absolute atomic E-state index is 0.150. The molecule has 1 amide bonds. The van der Waals surface area contributed by atoms with Crippen molar-refractivity contribution < 1.29 is 18.8 Å². The molecule has 1 N–H and O–H groups in total. The van der Waals surface area contributed by atoms with Gasteiger partial charge in [-0.1, -0.05) is 35.5 Å². The van der Waals surface area contributed by atoms with Crippen molar-refractivity contribution in [1.82, 2.24) is 15.4 Å². The molecule has 1 aromatic heterocycles. The highest BCUT2D eigenvalue weighted by atomic mass is 16.6. The molecule has 1 saturated heterocycles. The van der Waals surface area contributed by atoms with Crippen molar-refractivity contribution in [2.24, 2.45) is 0 Å². The lowest BCUT2D eigenvalue weighted by Gasteiger charge is -2.28. The van der Waals surface area contributed by atoms with Gasteiger partial charge in [0.25, 0.3) is 5.91 Å². The Labute approximate surface area is 180 Å². The van der Waals surface area contributed by atoms with E-state index < -0.39 is 0 Å². The Morgan fingerprint density at radius 2 is 1.77 bits per heavy atom. The van der Waals surface area contributed by atoms with Gasteiger partial charge in [0.15, 0.2) is 23.0 Å². The van der Waals surface area contributed by atoms with E-state index in [-0.39, 0.29) is 17.6 Å². The highest BCUT2D eigenvalue weighted by molar-refractivity contribution is 5.93. The lowest BCUT2D eigenvalue weighted by atomic mass is 10.1. The zero-order chi connectivity index (χ0) is 21.0. The first-order chi connectivity index (χ1) is 15.3. The van der Waals surface area contributed by atoms with E-state index in [1.54, 1.807) is 6.07 Å². The van der Waals surface area contributed by atoms with Crippen molar-refractivity contribution >= 4 is 5.91 Å². The summed E-state index contributed by atoms with van der Waals surface area (Å²) in [6.45, 7) is 3.68. The number of amides is 1. The summed E-state index contributed by atoms with van der Waals surface area (Å²) >= 11 is 0. The molecule has 160 valence electrons. The van der Waals surface area contributed by atoms with E-state index in [0.29, 0.717) is 37.0 Å². The molecular weight excluding hydrogens is 394 g/mol. The Hall–Kier alpha value is -3.32. The van der Waals surface area contributed by atoms with Gasteiger partial charge in [0, 0.05) is 18.2 Å². The maximum absolute atomic E-state index is 12.8. The predicted molar refractivity (Wildman–Crippen MR) is 115 cm³/mol. The first-order valence-electron chi connectivity index (χ1n) is 10.7. The summed E-state index contributed by atoms with van der Waals surface area (Å²) in [5.74, 6) is 1.65.